The van der Waals surface area contributed by atoms with E-state index in [-0.39, 0.29) is 5.09 Å². The summed E-state index contributed by atoms with van der Waals surface area (Å²) in [5.41, 5.74) is 1.01. The van der Waals surface area contributed by atoms with Crippen molar-refractivity contribution in [1.29, 1.82) is 0 Å². The van der Waals surface area contributed by atoms with Crippen LogP contribution in [0.3, 0.4) is 0 Å². The van der Waals surface area contributed by atoms with Crippen molar-refractivity contribution >= 4 is 10.0 Å². The number of rotatable bonds is 7. The predicted octanol–water partition coefficient (Wildman–Crippen LogP) is 0.915. The van der Waals surface area contributed by atoms with Gasteiger partial charge >= 0.3 is 0 Å². The van der Waals surface area contributed by atoms with Crippen LogP contribution >= 0.6 is 0 Å². The minimum Gasteiger partial charge on any atom is -0.447 e. The van der Waals surface area contributed by atoms with Gasteiger partial charge in [0.05, 0.1) is 6.54 Å². The van der Waals surface area contributed by atoms with E-state index in [0.29, 0.717) is 12.3 Å². The molecule has 0 saturated carbocycles. The van der Waals surface area contributed by atoms with E-state index in [9.17, 15) is 8.42 Å². The van der Waals surface area contributed by atoms with Gasteiger partial charge in [0, 0.05) is 24.9 Å². The summed E-state index contributed by atoms with van der Waals surface area (Å²) in [6.45, 7) is 1.22. The van der Waals surface area contributed by atoms with Gasteiger partial charge in [-0.25, -0.2) is 13.1 Å². The summed E-state index contributed by atoms with van der Waals surface area (Å²) in [5, 5.41) is 3.12. The van der Waals surface area contributed by atoms with Gasteiger partial charge < -0.3 is 9.73 Å². The zero-order valence-corrected chi connectivity index (χ0v) is 12.0. The second-order valence-corrected chi connectivity index (χ2v) is 5.99. The normalized spacial score (nSPS) is 11.7. The summed E-state index contributed by atoms with van der Waals surface area (Å²) >= 11 is 0. The Morgan fingerprint density at radius 3 is 2.80 bits per heavy atom. The molecular formula is C13H17N3O3S. The molecule has 2 N–H and O–H groups in total. The van der Waals surface area contributed by atoms with E-state index in [1.807, 2.05) is 18.2 Å². The molecule has 2 aromatic rings. The summed E-state index contributed by atoms with van der Waals surface area (Å²) in [6, 6.07) is 8.89. The third-order valence-electron chi connectivity index (χ3n) is 2.75. The number of nitrogens with zero attached hydrogens (tertiary/aromatic N) is 1. The third-order valence-corrected chi connectivity index (χ3v) is 4.04. The molecule has 0 amide bonds. The molecule has 6 nitrogen and oxygen atoms in total. The second-order valence-electron chi connectivity index (χ2n) is 4.18. The molecule has 0 aromatic carbocycles. The van der Waals surface area contributed by atoms with E-state index in [1.54, 1.807) is 12.3 Å². The highest BCUT2D eigenvalue weighted by atomic mass is 32.2. The molecule has 0 atom stereocenters. The summed E-state index contributed by atoms with van der Waals surface area (Å²) in [7, 11) is -2.16. The van der Waals surface area contributed by atoms with Gasteiger partial charge in [-0.2, -0.15) is 0 Å². The van der Waals surface area contributed by atoms with Crippen molar-refractivity contribution in [2.24, 2.45) is 0 Å². The molecule has 0 aliphatic carbocycles. The molecule has 0 saturated heterocycles. The van der Waals surface area contributed by atoms with Crippen LogP contribution in [0.15, 0.2) is 46.0 Å². The van der Waals surface area contributed by atoms with Crippen LogP contribution in [0.2, 0.25) is 0 Å². The van der Waals surface area contributed by atoms with Gasteiger partial charge in [-0.3, -0.25) is 4.98 Å². The fourth-order valence-electron chi connectivity index (χ4n) is 1.67. The van der Waals surface area contributed by atoms with E-state index in [0.717, 1.165) is 18.7 Å². The molecule has 20 heavy (non-hydrogen) atoms. The van der Waals surface area contributed by atoms with Gasteiger partial charge in [-0.1, -0.05) is 6.07 Å². The molecule has 0 bridgehead atoms. The van der Waals surface area contributed by atoms with Gasteiger partial charge in [0.25, 0.3) is 10.0 Å². The SMILES string of the molecule is CNS(=O)(=O)c1ccc(CNCCc2ccccn2)o1. The number of hydrogen-bond donors (Lipinski definition) is 2. The summed E-state index contributed by atoms with van der Waals surface area (Å²) < 4.78 is 30.5. The van der Waals surface area contributed by atoms with Gasteiger partial charge in [0.15, 0.2) is 0 Å². The Kier molecular flexibility index (Phi) is 4.89. The number of nitrogens with one attached hydrogen (secondary N) is 2. The fraction of sp³-hybridized carbons (Fsp3) is 0.308. The molecule has 0 aliphatic rings. The first-order chi connectivity index (χ1) is 9.62. The molecule has 0 unspecified atom stereocenters. The van der Waals surface area contributed by atoms with E-state index in [2.05, 4.69) is 15.0 Å². The van der Waals surface area contributed by atoms with Crippen LogP contribution in [0.4, 0.5) is 0 Å². The smallest absolute Gasteiger partial charge is 0.273 e. The average molecular weight is 295 g/mol. The Morgan fingerprint density at radius 1 is 1.25 bits per heavy atom. The van der Waals surface area contributed by atoms with E-state index < -0.39 is 10.0 Å². The molecule has 2 rings (SSSR count). The lowest BCUT2D eigenvalue weighted by atomic mass is 10.3. The molecule has 2 aromatic heterocycles. The van der Waals surface area contributed by atoms with Crippen LogP contribution in [0, 0.1) is 0 Å². The largest absolute Gasteiger partial charge is 0.447 e. The topological polar surface area (TPSA) is 84.2 Å². The molecular weight excluding hydrogens is 278 g/mol. The minimum atomic E-state index is -3.51. The van der Waals surface area contributed by atoms with Gasteiger partial charge in [0.1, 0.15) is 5.76 Å². The summed E-state index contributed by atoms with van der Waals surface area (Å²) in [4.78, 5) is 4.22. The van der Waals surface area contributed by atoms with Crippen molar-refractivity contribution in [3.05, 3.63) is 48.0 Å². The van der Waals surface area contributed by atoms with Crippen molar-refractivity contribution < 1.29 is 12.8 Å². The lowest BCUT2D eigenvalue weighted by Crippen LogP contribution is -2.18. The molecule has 2 heterocycles. The first kappa shape index (κ1) is 14.7. The van der Waals surface area contributed by atoms with Crippen LogP contribution < -0.4 is 10.0 Å². The number of hydrogen-bond acceptors (Lipinski definition) is 5. The maximum atomic E-state index is 11.5. The molecule has 0 fully saturated rings. The van der Waals surface area contributed by atoms with Gasteiger partial charge in [0.2, 0.25) is 5.09 Å². The second kappa shape index (κ2) is 6.65. The van der Waals surface area contributed by atoms with E-state index in [1.165, 1.54) is 13.1 Å². The first-order valence-corrected chi connectivity index (χ1v) is 7.73. The Balaban J connectivity index is 1.81. The predicted molar refractivity (Wildman–Crippen MR) is 74.6 cm³/mol. The number of furan rings is 1. The maximum Gasteiger partial charge on any atom is 0.273 e. The van der Waals surface area contributed by atoms with Crippen molar-refractivity contribution in [3.63, 3.8) is 0 Å². The highest BCUT2D eigenvalue weighted by molar-refractivity contribution is 7.89. The number of pyridine rings is 1. The highest BCUT2D eigenvalue weighted by Gasteiger charge is 2.15. The Morgan fingerprint density at radius 2 is 2.10 bits per heavy atom. The van der Waals surface area contributed by atoms with Crippen LogP contribution in [0.25, 0.3) is 0 Å². The molecule has 108 valence electrons. The van der Waals surface area contributed by atoms with Crippen molar-refractivity contribution in [3.8, 4) is 0 Å². The van der Waals surface area contributed by atoms with E-state index >= 15 is 0 Å². The molecule has 0 radical (unpaired) electrons. The Bertz CT molecular complexity index is 638. The lowest BCUT2D eigenvalue weighted by Gasteiger charge is -2.02. The van der Waals surface area contributed by atoms with Crippen LogP contribution in [-0.4, -0.2) is 27.0 Å². The summed E-state index contributed by atoms with van der Waals surface area (Å²) in [6.07, 6.45) is 2.57. The standard InChI is InChI=1S/C13H17N3O3S/c1-14-20(17,18)13-6-5-12(19-13)10-15-9-7-11-4-2-3-8-16-11/h2-6,8,14-15H,7,9-10H2,1H3. The summed E-state index contributed by atoms with van der Waals surface area (Å²) in [5.74, 6) is 0.583. The van der Waals surface area contributed by atoms with Crippen molar-refractivity contribution in [1.82, 2.24) is 15.0 Å². The average Bonchev–Trinajstić information content (AvgIpc) is 2.94. The minimum absolute atomic E-state index is 0.0680. The third kappa shape index (κ3) is 3.89. The van der Waals surface area contributed by atoms with Crippen molar-refractivity contribution in [2.75, 3.05) is 13.6 Å². The molecule has 0 aliphatic heterocycles. The van der Waals surface area contributed by atoms with Gasteiger partial charge in [-0.05, 0) is 31.3 Å². The Hall–Kier alpha value is -1.70. The van der Waals surface area contributed by atoms with Crippen LogP contribution in [0.1, 0.15) is 11.5 Å². The quantitative estimate of drug-likeness (QED) is 0.742. The van der Waals surface area contributed by atoms with Crippen LogP contribution in [0.5, 0.6) is 0 Å². The number of aromatic nitrogens is 1. The van der Waals surface area contributed by atoms with E-state index in [4.69, 9.17) is 4.42 Å². The fourth-order valence-corrected chi connectivity index (χ4v) is 2.34. The lowest BCUT2D eigenvalue weighted by molar-refractivity contribution is 0.401. The molecule has 7 heteroatoms. The number of sulfonamides is 1. The van der Waals surface area contributed by atoms with Gasteiger partial charge in [-0.15, -0.1) is 0 Å². The Labute approximate surface area is 118 Å². The first-order valence-electron chi connectivity index (χ1n) is 6.25. The zero-order valence-electron chi connectivity index (χ0n) is 11.2. The zero-order chi connectivity index (χ0) is 14.4. The maximum absolute atomic E-state index is 11.5. The monoisotopic (exact) mass is 295 g/mol. The van der Waals surface area contributed by atoms with Crippen molar-refractivity contribution in [2.45, 2.75) is 18.1 Å². The molecule has 0 spiro atoms. The highest BCUT2D eigenvalue weighted by Crippen LogP contribution is 2.13. The van der Waals surface area contributed by atoms with Crippen LogP contribution in [-0.2, 0) is 23.0 Å².